The number of ether oxygens (including phenoxy) is 1. The maximum Gasteiger partial charge on any atom is 0.271 e. The van der Waals surface area contributed by atoms with Crippen molar-refractivity contribution in [1.29, 1.82) is 0 Å². The maximum absolute atomic E-state index is 12.3. The molecule has 2 N–H and O–H groups in total. The number of nitrogens with one attached hydrogen (secondary N) is 2. The standard InChI is InChI=1S/C17H19N5O3/c1-18-17(24)14-6-7-15(21-20-14)19-11-8-16(23)22(10-11)12-4-3-5-13(9-12)25-2/h3-7,9,11H,8,10H2,1-2H3,(H,18,24)(H,19,21). The lowest BCUT2D eigenvalue weighted by Crippen LogP contribution is -2.28. The van der Waals surface area contributed by atoms with E-state index < -0.39 is 0 Å². The molecule has 0 aliphatic carbocycles. The molecule has 1 atom stereocenters. The van der Waals surface area contributed by atoms with Crippen LogP contribution in [0, 0.1) is 0 Å². The first-order valence-electron chi connectivity index (χ1n) is 7.87. The van der Waals surface area contributed by atoms with Crippen LogP contribution in [0.3, 0.4) is 0 Å². The molecule has 8 heteroatoms. The predicted molar refractivity (Wildman–Crippen MR) is 92.8 cm³/mol. The Morgan fingerprint density at radius 2 is 2.12 bits per heavy atom. The lowest BCUT2D eigenvalue weighted by atomic mass is 10.2. The number of methoxy groups -OCH3 is 1. The highest BCUT2D eigenvalue weighted by molar-refractivity contribution is 5.96. The van der Waals surface area contributed by atoms with Crippen LogP contribution in [0.25, 0.3) is 0 Å². The van der Waals surface area contributed by atoms with Gasteiger partial charge in [0.2, 0.25) is 5.91 Å². The van der Waals surface area contributed by atoms with Crippen LogP contribution >= 0.6 is 0 Å². The maximum atomic E-state index is 12.3. The minimum atomic E-state index is -0.292. The number of hydrogen-bond donors (Lipinski definition) is 2. The van der Waals surface area contributed by atoms with Crippen molar-refractivity contribution in [3.8, 4) is 5.75 Å². The summed E-state index contributed by atoms with van der Waals surface area (Å²) in [6.45, 7) is 0.519. The van der Waals surface area contributed by atoms with Crippen molar-refractivity contribution in [2.24, 2.45) is 0 Å². The van der Waals surface area contributed by atoms with Crippen molar-refractivity contribution in [3.05, 3.63) is 42.1 Å². The lowest BCUT2D eigenvalue weighted by molar-refractivity contribution is -0.117. The zero-order valence-corrected chi connectivity index (χ0v) is 14.0. The normalized spacial score (nSPS) is 16.6. The van der Waals surface area contributed by atoms with Gasteiger partial charge in [0.1, 0.15) is 11.6 Å². The van der Waals surface area contributed by atoms with Gasteiger partial charge < -0.3 is 20.3 Å². The van der Waals surface area contributed by atoms with Gasteiger partial charge in [-0.3, -0.25) is 9.59 Å². The van der Waals surface area contributed by atoms with Gasteiger partial charge in [0.05, 0.1) is 13.2 Å². The molecule has 1 saturated heterocycles. The Balaban J connectivity index is 1.67. The highest BCUT2D eigenvalue weighted by atomic mass is 16.5. The molecule has 1 fully saturated rings. The Bertz CT molecular complexity index is 778. The molecule has 1 aromatic carbocycles. The van der Waals surface area contributed by atoms with Crippen LogP contribution in [0.5, 0.6) is 5.75 Å². The number of rotatable bonds is 5. The number of carbonyl (C=O) groups excluding carboxylic acids is 2. The van der Waals surface area contributed by atoms with Gasteiger partial charge in [-0.2, -0.15) is 0 Å². The second kappa shape index (κ2) is 7.16. The number of amides is 2. The molecule has 2 heterocycles. The minimum Gasteiger partial charge on any atom is -0.497 e. The predicted octanol–water partition coefficient (Wildman–Crippen LogP) is 1.06. The first-order valence-corrected chi connectivity index (χ1v) is 7.87. The molecule has 1 aromatic heterocycles. The Labute approximate surface area is 145 Å². The first kappa shape index (κ1) is 16.7. The monoisotopic (exact) mass is 341 g/mol. The summed E-state index contributed by atoms with van der Waals surface area (Å²) in [4.78, 5) is 25.5. The summed E-state index contributed by atoms with van der Waals surface area (Å²) in [7, 11) is 3.13. The van der Waals surface area contributed by atoms with Gasteiger partial charge in [0.15, 0.2) is 5.69 Å². The van der Waals surface area contributed by atoms with Crippen molar-refractivity contribution in [3.63, 3.8) is 0 Å². The van der Waals surface area contributed by atoms with E-state index in [4.69, 9.17) is 4.74 Å². The van der Waals surface area contributed by atoms with Crippen LogP contribution in [0.1, 0.15) is 16.9 Å². The van der Waals surface area contributed by atoms with Crippen LogP contribution in [0.4, 0.5) is 11.5 Å². The highest BCUT2D eigenvalue weighted by Gasteiger charge is 2.31. The zero-order valence-electron chi connectivity index (χ0n) is 14.0. The van der Waals surface area contributed by atoms with Crippen LogP contribution in [0.2, 0.25) is 0 Å². The van der Waals surface area contributed by atoms with E-state index >= 15 is 0 Å². The van der Waals surface area contributed by atoms with Crippen molar-refractivity contribution in [2.75, 3.05) is 30.9 Å². The van der Waals surface area contributed by atoms with Crippen molar-refractivity contribution in [2.45, 2.75) is 12.5 Å². The van der Waals surface area contributed by atoms with Crippen LogP contribution in [-0.4, -0.2) is 48.8 Å². The molecule has 0 radical (unpaired) electrons. The summed E-state index contributed by atoms with van der Waals surface area (Å²) >= 11 is 0. The SMILES string of the molecule is CNC(=O)c1ccc(NC2CC(=O)N(c3cccc(OC)c3)C2)nn1. The summed E-state index contributed by atoms with van der Waals surface area (Å²) in [5.74, 6) is 0.968. The average Bonchev–Trinajstić information content (AvgIpc) is 3.02. The molecular formula is C17H19N5O3. The third kappa shape index (κ3) is 3.68. The van der Waals surface area contributed by atoms with E-state index in [9.17, 15) is 9.59 Å². The highest BCUT2D eigenvalue weighted by Crippen LogP contribution is 2.26. The third-order valence-electron chi connectivity index (χ3n) is 3.97. The Morgan fingerprint density at radius 3 is 2.80 bits per heavy atom. The molecule has 25 heavy (non-hydrogen) atoms. The van der Waals surface area contributed by atoms with E-state index in [0.717, 1.165) is 5.69 Å². The Kier molecular flexibility index (Phi) is 4.78. The van der Waals surface area contributed by atoms with Crippen molar-refractivity contribution in [1.82, 2.24) is 15.5 Å². The van der Waals surface area contributed by atoms with E-state index in [-0.39, 0.29) is 23.6 Å². The molecule has 0 saturated carbocycles. The molecule has 2 amide bonds. The molecule has 1 aliphatic heterocycles. The van der Waals surface area contributed by atoms with E-state index in [1.807, 2.05) is 24.3 Å². The number of carbonyl (C=O) groups is 2. The second-order valence-electron chi connectivity index (χ2n) is 5.63. The largest absolute Gasteiger partial charge is 0.497 e. The van der Waals surface area contributed by atoms with Gasteiger partial charge in [-0.15, -0.1) is 10.2 Å². The molecule has 1 aliphatic rings. The topological polar surface area (TPSA) is 96.5 Å². The smallest absolute Gasteiger partial charge is 0.271 e. The second-order valence-corrected chi connectivity index (χ2v) is 5.63. The summed E-state index contributed by atoms with van der Waals surface area (Å²) < 4.78 is 5.21. The quantitative estimate of drug-likeness (QED) is 0.844. The summed E-state index contributed by atoms with van der Waals surface area (Å²) in [5, 5.41) is 13.5. The summed E-state index contributed by atoms with van der Waals surface area (Å²) in [6, 6.07) is 10.6. The fourth-order valence-corrected chi connectivity index (χ4v) is 2.70. The van der Waals surface area contributed by atoms with Crippen molar-refractivity contribution >= 4 is 23.3 Å². The molecule has 1 unspecified atom stereocenters. The van der Waals surface area contributed by atoms with Crippen LogP contribution < -0.4 is 20.3 Å². The Hall–Kier alpha value is -3.16. The Morgan fingerprint density at radius 1 is 1.28 bits per heavy atom. The van der Waals surface area contributed by atoms with E-state index in [1.165, 1.54) is 7.05 Å². The third-order valence-corrected chi connectivity index (χ3v) is 3.97. The van der Waals surface area contributed by atoms with E-state index in [1.54, 1.807) is 24.1 Å². The fourth-order valence-electron chi connectivity index (χ4n) is 2.70. The minimum absolute atomic E-state index is 0.0284. The van der Waals surface area contributed by atoms with Gasteiger partial charge in [-0.25, -0.2) is 0 Å². The average molecular weight is 341 g/mol. The number of benzene rings is 1. The molecule has 8 nitrogen and oxygen atoms in total. The van der Waals surface area contributed by atoms with E-state index in [2.05, 4.69) is 20.8 Å². The van der Waals surface area contributed by atoms with Crippen molar-refractivity contribution < 1.29 is 14.3 Å². The zero-order chi connectivity index (χ0) is 17.8. The van der Waals surface area contributed by atoms with Gasteiger partial charge in [0.25, 0.3) is 5.91 Å². The van der Waals surface area contributed by atoms with Gasteiger partial charge in [0, 0.05) is 31.8 Å². The first-order chi connectivity index (χ1) is 12.1. The molecular weight excluding hydrogens is 322 g/mol. The van der Waals surface area contributed by atoms with Gasteiger partial charge >= 0.3 is 0 Å². The van der Waals surface area contributed by atoms with Crippen LogP contribution in [-0.2, 0) is 4.79 Å². The van der Waals surface area contributed by atoms with Gasteiger partial charge in [-0.1, -0.05) is 6.07 Å². The van der Waals surface area contributed by atoms with E-state index in [0.29, 0.717) is 24.5 Å². The molecule has 2 aromatic rings. The van der Waals surface area contributed by atoms with Gasteiger partial charge in [-0.05, 0) is 24.3 Å². The molecule has 3 rings (SSSR count). The summed E-state index contributed by atoms with van der Waals surface area (Å²) in [6.07, 6.45) is 0.357. The lowest BCUT2D eigenvalue weighted by Gasteiger charge is -2.18. The number of nitrogens with zero attached hydrogens (tertiary/aromatic N) is 3. The number of anilines is 2. The number of aromatic nitrogens is 2. The fraction of sp³-hybridized carbons (Fsp3) is 0.294. The summed E-state index contributed by atoms with van der Waals surface area (Å²) in [5.41, 5.74) is 1.04. The van der Waals surface area contributed by atoms with Crippen LogP contribution in [0.15, 0.2) is 36.4 Å². The molecule has 130 valence electrons. The number of hydrogen-bond acceptors (Lipinski definition) is 6. The molecule has 0 spiro atoms. The molecule has 0 bridgehead atoms.